The van der Waals surface area contributed by atoms with Gasteiger partial charge in [0.15, 0.2) is 0 Å². The Balaban J connectivity index is 2.09. The summed E-state index contributed by atoms with van der Waals surface area (Å²) >= 11 is 0. The molecule has 0 bridgehead atoms. The number of hydrogen-bond donors (Lipinski definition) is 2. The maximum Gasteiger partial charge on any atom is 0.248 e. The Hall–Kier alpha value is -3.38. The summed E-state index contributed by atoms with van der Waals surface area (Å²) < 4.78 is 27.0. The average molecular weight is 450 g/mol. The number of hydrogen-bond acceptors (Lipinski definition) is 4. The van der Waals surface area contributed by atoms with E-state index in [1.165, 1.54) is 18.2 Å². The van der Waals surface area contributed by atoms with Crippen molar-refractivity contribution in [1.29, 1.82) is 0 Å². The number of benzene rings is 3. The molecule has 0 fully saturated rings. The molecule has 0 aliphatic rings. The van der Waals surface area contributed by atoms with Gasteiger partial charge in [-0.05, 0) is 55.2 Å². The highest BCUT2D eigenvalue weighted by atomic mass is 32.2. The SMILES string of the molecule is Cc1ccc(S(=O)(=O)c2c(O)c(C)cc(NC(=O)C=Cc3ccccc3)c2C(C)C)cc1. The third kappa shape index (κ3) is 4.92. The molecular weight excluding hydrogens is 422 g/mol. The summed E-state index contributed by atoms with van der Waals surface area (Å²) in [7, 11) is -4.02. The van der Waals surface area contributed by atoms with Crippen LogP contribution in [-0.2, 0) is 14.6 Å². The van der Waals surface area contributed by atoms with Gasteiger partial charge in [-0.25, -0.2) is 8.42 Å². The predicted molar refractivity (Wildman–Crippen MR) is 128 cm³/mol. The molecule has 0 aliphatic heterocycles. The second-order valence-corrected chi connectivity index (χ2v) is 9.92. The molecule has 0 saturated carbocycles. The highest BCUT2D eigenvalue weighted by molar-refractivity contribution is 7.91. The van der Waals surface area contributed by atoms with Crippen LogP contribution in [-0.4, -0.2) is 19.4 Å². The Morgan fingerprint density at radius 2 is 1.62 bits per heavy atom. The van der Waals surface area contributed by atoms with Crippen LogP contribution in [0.5, 0.6) is 5.75 Å². The molecule has 0 saturated heterocycles. The summed E-state index contributed by atoms with van der Waals surface area (Å²) in [5.74, 6) is -0.961. The zero-order chi connectivity index (χ0) is 23.5. The number of nitrogens with one attached hydrogen (secondary N) is 1. The van der Waals surface area contributed by atoms with Crippen molar-refractivity contribution in [3.05, 3.63) is 89.0 Å². The Morgan fingerprint density at radius 3 is 2.22 bits per heavy atom. The smallest absolute Gasteiger partial charge is 0.248 e. The minimum absolute atomic E-state index is 0.0900. The summed E-state index contributed by atoms with van der Waals surface area (Å²) in [6, 6.07) is 17.5. The van der Waals surface area contributed by atoms with Crippen LogP contribution in [0.3, 0.4) is 0 Å². The number of phenols is 1. The van der Waals surface area contributed by atoms with Crippen LogP contribution in [0.1, 0.15) is 42.0 Å². The van der Waals surface area contributed by atoms with E-state index >= 15 is 0 Å². The first-order valence-electron chi connectivity index (χ1n) is 10.3. The molecule has 0 aliphatic carbocycles. The number of anilines is 1. The van der Waals surface area contributed by atoms with Gasteiger partial charge in [-0.15, -0.1) is 0 Å². The number of carbonyl (C=O) groups is 1. The standard InChI is InChI=1S/C26H27NO4S/c1-17(2)24-22(27-23(28)15-12-20-8-6-5-7-9-20)16-19(4)25(29)26(24)32(30,31)21-13-10-18(3)11-14-21/h5-17,29H,1-4H3,(H,27,28). The Morgan fingerprint density at radius 1 is 1.00 bits per heavy atom. The lowest BCUT2D eigenvalue weighted by Crippen LogP contribution is -2.15. The van der Waals surface area contributed by atoms with Crippen LogP contribution >= 0.6 is 0 Å². The monoisotopic (exact) mass is 449 g/mol. The van der Waals surface area contributed by atoms with Crippen molar-refractivity contribution in [1.82, 2.24) is 0 Å². The molecule has 3 aromatic carbocycles. The summed E-state index contributed by atoms with van der Waals surface area (Å²) in [6.45, 7) is 7.14. The van der Waals surface area contributed by atoms with E-state index in [0.29, 0.717) is 16.8 Å². The van der Waals surface area contributed by atoms with Crippen molar-refractivity contribution >= 4 is 27.5 Å². The molecular formula is C26H27NO4S. The zero-order valence-corrected chi connectivity index (χ0v) is 19.4. The molecule has 3 aromatic rings. The van der Waals surface area contributed by atoms with Crippen molar-refractivity contribution in [3.8, 4) is 5.75 Å². The number of rotatable bonds is 6. The Kier molecular flexibility index (Phi) is 6.84. The van der Waals surface area contributed by atoms with Crippen molar-refractivity contribution in [2.45, 2.75) is 43.4 Å². The van der Waals surface area contributed by atoms with E-state index in [4.69, 9.17) is 0 Å². The van der Waals surface area contributed by atoms with Crippen LogP contribution in [0, 0.1) is 13.8 Å². The number of phenolic OH excluding ortho intramolecular Hbond substituents is 1. The van der Waals surface area contributed by atoms with Gasteiger partial charge in [0.25, 0.3) is 0 Å². The molecule has 3 rings (SSSR count). The Labute approximate surface area is 189 Å². The van der Waals surface area contributed by atoms with Gasteiger partial charge in [-0.2, -0.15) is 0 Å². The quantitative estimate of drug-likeness (QED) is 0.378. The maximum absolute atomic E-state index is 13.5. The molecule has 2 N–H and O–H groups in total. The lowest BCUT2D eigenvalue weighted by Gasteiger charge is -2.21. The lowest BCUT2D eigenvalue weighted by atomic mass is 9.98. The molecule has 0 heterocycles. The third-order valence-corrected chi connectivity index (χ3v) is 6.99. The van der Waals surface area contributed by atoms with Gasteiger partial charge in [0.1, 0.15) is 10.6 Å². The topological polar surface area (TPSA) is 83.5 Å². The van der Waals surface area contributed by atoms with Crippen LogP contribution in [0.25, 0.3) is 6.08 Å². The summed E-state index contributed by atoms with van der Waals surface area (Å²) in [4.78, 5) is 12.5. The molecule has 0 spiro atoms. The number of sulfone groups is 1. The van der Waals surface area contributed by atoms with E-state index in [0.717, 1.165) is 11.1 Å². The molecule has 0 atom stereocenters. The molecule has 0 aromatic heterocycles. The Bertz CT molecular complexity index is 1260. The van der Waals surface area contributed by atoms with Crippen LogP contribution in [0.4, 0.5) is 5.69 Å². The van der Waals surface area contributed by atoms with Crippen molar-refractivity contribution in [3.63, 3.8) is 0 Å². The minimum Gasteiger partial charge on any atom is -0.506 e. The summed E-state index contributed by atoms with van der Waals surface area (Å²) in [5.41, 5.74) is 2.90. The first-order chi connectivity index (χ1) is 15.1. The van der Waals surface area contributed by atoms with Crippen LogP contribution in [0.2, 0.25) is 0 Å². The first-order valence-corrected chi connectivity index (χ1v) is 11.8. The fraction of sp³-hybridized carbons (Fsp3) is 0.192. The van der Waals surface area contributed by atoms with Gasteiger partial charge < -0.3 is 10.4 Å². The molecule has 6 heteroatoms. The average Bonchev–Trinajstić information content (AvgIpc) is 2.75. The molecule has 166 valence electrons. The minimum atomic E-state index is -4.02. The van der Waals surface area contributed by atoms with Gasteiger partial charge in [0.05, 0.1) is 4.90 Å². The predicted octanol–water partition coefficient (Wildman–Crippen LogP) is 5.62. The number of carbonyl (C=O) groups excluding carboxylic acids is 1. The summed E-state index contributed by atoms with van der Waals surface area (Å²) in [5, 5.41) is 13.6. The normalized spacial score (nSPS) is 11.8. The van der Waals surface area contributed by atoms with Crippen molar-refractivity contribution in [2.24, 2.45) is 0 Å². The number of aryl methyl sites for hydroxylation is 2. The molecule has 0 unspecified atom stereocenters. The fourth-order valence-corrected chi connectivity index (χ4v) is 5.27. The van der Waals surface area contributed by atoms with Gasteiger partial charge in [-0.1, -0.05) is 61.9 Å². The number of amides is 1. The largest absolute Gasteiger partial charge is 0.506 e. The van der Waals surface area contributed by atoms with E-state index < -0.39 is 9.84 Å². The fourth-order valence-electron chi connectivity index (χ4n) is 3.49. The lowest BCUT2D eigenvalue weighted by molar-refractivity contribution is -0.111. The molecule has 0 radical (unpaired) electrons. The molecule has 32 heavy (non-hydrogen) atoms. The van der Waals surface area contributed by atoms with E-state index in [2.05, 4.69) is 5.32 Å². The second kappa shape index (κ2) is 9.40. The van der Waals surface area contributed by atoms with E-state index in [1.807, 2.05) is 51.1 Å². The summed E-state index contributed by atoms with van der Waals surface area (Å²) in [6.07, 6.45) is 3.08. The van der Waals surface area contributed by atoms with E-state index in [1.54, 1.807) is 31.2 Å². The number of aromatic hydroxyl groups is 1. The highest BCUT2D eigenvalue weighted by Gasteiger charge is 2.30. The van der Waals surface area contributed by atoms with E-state index in [9.17, 15) is 18.3 Å². The zero-order valence-electron chi connectivity index (χ0n) is 18.6. The third-order valence-electron chi connectivity index (χ3n) is 5.15. The van der Waals surface area contributed by atoms with E-state index in [-0.39, 0.29) is 27.4 Å². The first kappa shape index (κ1) is 23.3. The maximum atomic E-state index is 13.5. The van der Waals surface area contributed by atoms with Crippen molar-refractivity contribution < 1.29 is 18.3 Å². The highest BCUT2D eigenvalue weighted by Crippen LogP contribution is 2.42. The second-order valence-electron chi connectivity index (χ2n) is 8.04. The molecule has 1 amide bonds. The van der Waals surface area contributed by atoms with Gasteiger partial charge in [0, 0.05) is 17.3 Å². The van der Waals surface area contributed by atoms with Crippen LogP contribution in [0.15, 0.2) is 76.5 Å². The van der Waals surface area contributed by atoms with Crippen molar-refractivity contribution in [2.75, 3.05) is 5.32 Å². The van der Waals surface area contributed by atoms with Gasteiger partial charge in [-0.3, -0.25) is 4.79 Å². The van der Waals surface area contributed by atoms with Gasteiger partial charge >= 0.3 is 0 Å². The molecule has 5 nitrogen and oxygen atoms in total. The van der Waals surface area contributed by atoms with Crippen LogP contribution < -0.4 is 5.32 Å². The van der Waals surface area contributed by atoms with Gasteiger partial charge in [0.2, 0.25) is 15.7 Å².